The maximum absolute atomic E-state index is 5.32. The molecule has 0 saturated carbocycles. The van der Waals surface area contributed by atoms with Gasteiger partial charge in [-0.15, -0.1) is 24.0 Å². The van der Waals surface area contributed by atoms with E-state index in [1.807, 2.05) is 12.1 Å². The molecule has 1 unspecified atom stereocenters. The monoisotopic (exact) mass is 520 g/mol. The van der Waals surface area contributed by atoms with Crippen molar-refractivity contribution in [3.05, 3.63) is 59.1 Å². The first-order chi connectivity index (χ1) is 14.2. The zero-order chi connectivity index (χ0) is 20.1. The Morgan fingerprint density at radius 2 is 2.07 bits per heavy atom. The van der Waals surface area contributed by atoms with E-state index in [2.05, 4.69) is 55.9 Å². The van der Waals surface area contributed by atoms with Gasteiger partial charge in [0.15, 0.2) is 11.7 Å². The Bertz CT molecular complexity index is 966. The Labute approximate surface area is 194 Å². The summed E-state index contributed by atoms with van der Waals surface area (Å²) in [5.41, 5.74) is 4.31. The van der Waals surface area contributed by atoms with Crippen molar-refractivity contribution in [2.75, 3.05) is 13.6 Å². The van der Waals surface area contributed by atoms with Crippen LogP contribution >= 0.6 is 24.0 Å². The molecule has 0 aliphatic heterocycles. The van der Waals surface area contributed by atoms with Crippen molar-refractivity contribution in [2.45, 2.75) is 45.1 Å². The third kappa shape index (κ3) is 5.41. The number of hydrogen-bond donors (Lipinski definition) is 3. The molecule has 2 aromatic heterocycles. The molecule has 1 aromatic carbocycles. The lowest BCUT2D eigenvalue weighted by molar-refractivity contribution is 0.577. The molecule has 0 fully saturated rings. The van der Waals surface area contributed by atoms with Crippen molar-refractivity contribution in [1.82, 2.24) is 25.8 Å². The second kappa shape index (κ2) is 10.6. The second-order valence-electron chi connectivity index (χ2n) is 7.43. The molecule has 0 bridgehead atoms. The van der Waals surface area contributed by atoms with E-state index in [1.165, 1.54) is 42.4 Å². The number of nitrogens with zero attached hydrogens (tertiary/aromatic N) is 3. The van der Waals surface area contributed by atoms with Gasteiger partial charge in [0.05, 0.1) is 12.3 Å². The number of aryl methyl sites for hydroxylation is 2. The SMILES string of the molecule is CN=C(NCCc1nc(-c2ccco2)n[nH]1)NC(C)c1ccc2c(c1)CCCC2.I. The summed E-state index contributed by atoms with van der Waals surface area (Å²) >= 11 is 0. The first-order valence-electron chi connectivity index (χ1n) is 10.3. The minimum atomic E-state index is 0. The highest BCUT2D eigenvalue weighted by Crippen LogP contribution is 2.24. The Morgan fingerprint density at radius 3 is 2.83 bits per heavy atom. The van der Waals surface area contributed by atoms with Crippen LogP contribution in [0.5, 0.6) is 0 Å². The molecule has 3 N–H and O–H groups in total. The molecule has 3 aromatic rings. The van der Waals surface area contributed by atoms with Crippen molar-refractivity contribution in [3.63, 3.8) is 0 Å². The van der Waals surface area contributed by atoms with Crippen molar-refractivity contribution in [1.29, 1.82) is 0 Å². The Kier molecular flexibility index (Phi) is 7.89. The quantitative estimate of drug-likeness (QED) is 0.260. The number of guanidine groups is 1. The van der Waals surface area contributed by atoms with Gasteiger partial charge in [0.25, 0.3) is 0 Å². The Morgan fingerprint density at radius 1 is 1.23 bits per heavy atom. The summed E-state index contributed by atoms with van der Waals surface area (Å²) < 4.78 is 5.32. The normalized spacial score (nSPS) is 14.5. The van der Waals surface area contributed by atoms with Crippen LogP contribution in [-0.2, 0) is 19.3 Å². The number of rotatable bonds is 6. The van der Waals surface area contributed by atoms with Crippen LogP contribution in [0.1, 0.15) is 48.3 Å². The summed E-state index contributed by atoms with van der Waals surface area (Å²) in [4.78, 5) is 8.82. The molecule has 30 heavy (non-hydrogen) atoms. The van der Waals surface area contributed by atoms with E-state index in [4.69, 9.17) is 4.42 Å². The Balaban J connectivity index is 0.00000256. The van der Waals surface area contributed by atoms with Gasteiger partial charge in [0.2, 0.25) is 5.82 Å². The molecular formula is C22H29IN6O. The fraction of sp³-hybridized carbons (Fsp3) is 0.409. The molecule has 1 aliphatic rings. The largest absolute Gasteiger partial charge is 0.461 e. The van der Waals surface area contributed by atoms with Gasteiger partial charge in [0.1, 0.15) is 5.82 Å². The third-order valence-corrected chi connectivity index (χ3v) is 5.38. The van der Waals surface area contributed by atoms with Crippen molar-refractivity contribution < 1.29 is 4.42 Å². The number of nitrogens with one attached hydrogen (secondary N) is 3. The summed E-state index contributed by atoms with van der Waals surface area (Å²) in [6, 6.07) is 10.7. The molecule has 1 atom stereocenters. The minimum absolute atomic E-state index is 0. The van der Waals surface area contributed by atoms with Gasteiger partial charge in [-0.1, -0.05) is 18.2 Å². The summed E-state index contributed by atoms with van der Waals surface area (Å²) in [5, 5.41) is 14.0. The van der Waals surface area contributed by atoms with E-state index in [0.29, 0.717) is 24.6 Å². The number of furan rings is 1. The smallest absolute Gasteiger partial charge is 0.216 e. The van der Waals surface area contributed by atoms with Crippen molar-refractivity contribution in [2.24, 2.45) is 4.99 Å². The average molecular weight is 520 g/mol. The van der Waals surface area contributed by atoms with Crippen LogP contribution in [-0.4, -0.2) is 34.7 Å². The highest BCUT2D eigenvalue weighted by atomic mass is 127. The highest BCUT2D eigenvalue weighted by Gasteiger charge is 2.14. The van der Waals surface area contributed by atoms with E-state index < -0.39 is 0 Å². The fourth-order valence-electron chi connectivity index (χ4n) is 3.73. The number of benzene rings is 1. The first-order valence-corrected chi connectivity index (χ1v) is 10.3. The number of hydrogen-bond acceptors (Lipinski definition) is 4. The van der Waals surface area contributed by atoms with Gasteiger partial charge in [0, 0.05) is 20.0 Å². The molecule has 1 aliphatic carbocycles. The van der Waals surface area contributed by atoms with Crippen LogP contribution in [0.4, 0.5) is 0 Å². The predicted octanol–water partition coefficient (Wildman–Crippen LogP) is 4.03. The maximum atomic E-state index is 5.32. The van der Waals surface area contributed by atoms with E-state index >= 15 is 0 Å². The van der Waals surface area contributed by atoms with Crippen LogP contribution in [0.15, 0.2) is 46.0 Å². The molecule has 160 valence electrons. The number of fused-ring (bicyclic) bond motifs is 1. The number of aromatic amines is 1. The second-order valence-corrected chi connectivity index (χ2v) is 7.43. The molecule has 0 amide bonds. The predicted molar refractivity (Wildman–Crippen MR) is 129 cm³/mol. The summed E-state index contributed by atoms with van der Waals surface area (Å²) in [5.74, 6) is 2.83. The zero-order valence-electron chi connectivity index (χ0n) is 17.4. The number of aromatic nitrogens is 3. The van der Waals surface area contributed by atoms with Gasteiger partial charge in [-0.3, -0.25) is 10.1 Å². The lowest BCUT2D eigenvalue weighted by Gasteiger charge is -2.21. The fourth-order valence-corrected chi connectivity index (χ4v) is 3.73. The molecule has 7 nitrogen and oxygen atoms in total. The van der Waals surface area contributed by atoms with Crippen molar-refractivity contribution in [3.8, 4) is 11.6 Å². The summed E-state index contributed by atoms with van der Waals surface area (Å²) in [7, 11) is 1.79. The van der Waals surface area contributed by atoms with E-state index in [0.717, 1.165) is 11.8 Å². The van der Waals surface area contributed by atoms with Gasteiger partial charge in [-0.2, -0.15) is 5.10 Å². The van der Waals surface area contributed by atoms with E-state index in [9.17, 15) is 0 Å². The summed E-state index contributed by atoms with van der Waals surface area (Å²) in [6.07, 6.45) is 7.34. The standard InChI is InChI=1S/C22H28N6O.HI/c1-15(17-10-9-16-6-3-4-7-18(16)14-17)25-22(23-2)24-12-11-20-26-21(28-27-20)19-8-5-13-29-19;/h5,8-10,13-15H,3-4,6-7,11-12H2,1-2H3,(H2,23,24,25)(H,26,27,28);1H. The molecule has 2 heterocycles. The lowest BCUT2D eigenvalue weighted by Crippen LogP contribution is -2.39. The average Bonchev–Trinajstić information content (AvgIpc) is 3.44. The maximum Gasteiger partial charge on any atom is 0.216 e. The lowest BCUT2D eigenvalue weighted by atomic mass is 9.89. The minimum Gasteiger partial charge on any atom is -0.461 e. The van der Waals surface area contributed by atoms with Crippen LogP contribution in [0.2, 0.25) is 0 Å². The van der Waals surface area contributed by atoms with Crippen LogP contribution in [0.25, 0.3) is 11.6 Å². The van der Waals surface area contributed by atoms with Crippen LogP contribution in [0.3, 0.4) is 0 Å². The number of halogens is 1. The topological polar surface area (TPSA) is 91.1 Å². The molecule has 0 saturated heterocycles. The van der Waals surface area contributed by atoms with Crippen molar-refractivity contribution >= 4 is 29.9 Å². The van der Waals surface area contributed by atoms with E-state index in [-0.39, 0.29) is 30.0 Å². The van der Waals surface area contributed by atoms with E-state index in [1.54, 1.807) is 13.3 Å². The third-order valence-electron chi connectivity index (χ3n) is 5.38. The molecular weight excluding hydrogens is 491 g/mol. The first kappa shape index (κ1) is 22.3. The van der Waals surface area contributed by atoms with Gasteiger partial charge >= 0.3 is 0 Å². The van der Waals surface area contributed by atoms with Crippen LogP contribution < -0.4 is 10.6 Å². The number of aliphatic imine (C=N–C) groups is 1. The van der Waals surface area contributed by atoms with Crippen LogP contribution in [0, 0.1) is 0 Å². The molecule has 8 heteroatoms. The highest BCUT2D eigenvalue weighted by molar-refractivity contribution is 14.0. The summed E-state index contributed by atoms with van der Waals surface area (Å²) in [6.45, 7) is 2.87. The molecule has 4 rings (SSSR count). The van der Waals surface area contributed by atoms with Gasteiger partial charge in [-0.05, 0) is 61.4 Å². The number of H-pyrrole nitrogens is 1. The molecule has 0 radical (unpaired) electrons. The zero-order valence-corrected chi connectivity index (χ0v) is 19.8. The van der Waals surface area contributed by atoms with Gasteiger partial charge < -0.3 is 15.1 Å². The Hall–Kier alpha value is -2.36. The molecule has 0 spiro atoms. The van der Waals surface area contributed by atoms with Gasteiger partial charge in [-0.25, -0.2) is 4.98 Å².